The molecule has 0 nitrogen and oxygen atoms in total. The van der Waals surface area contributed by atoms with Crippen LogP contribution in [-0.4, -0.2) is 0 Å². The summed E-state index contributed by atoms with van der Waals surface area (Å²) in [6, 6.07) is 16.5. The molecule has 0 heteroatoms. The van der Waals surface area contributed by atoms with Crippen LogP contribution in [0.3, 0.4) is 0 Å². The molecular formula is C18H19. The summed E-state index contributed by atoms with van der Waals surface area (Å²) in [6.07, 6.45) is 2.17. The fourth-order valence-electron chi connectivity index (χ4n) is 2.91. The van der Waals surface area contributed by atoms with Crippen molar-refractivity contribution >= 4 is 0 Å². The van der Waals surface area contributed by atoms with Crippen molar-refractivity contribution in [3.05, 3.63) is 59.2 Å². The van der Waals surface area contributed by atoms with E-state index < -0.39 is 0 Å². The van der Waals surface area contributed by atoms with Crippen molar-refractivity contribution in [2.45, 2.75) is 33.6 Å². The van der Waals surface area contributed by atoms with Crippen molar-refractivity contribution in [1.82, 2.24) is 0 Å². The minimum absolute atomic E-state index is 0.330. The highest BCUT2D eigenvalue weighted by molar-refractivity contribution is 5.79. The lowest BCUT2D eigenvalue weighted by molar-refractivity contribution is 0.411. The summed E-state index contributed by atoms with van der Waals surface area (Å²) in [4.78, 5) is 0. The number of hydrogen-bond donors (Lipinski definition) is 0. The molecule has 0 fully saturated rings. The van der Waals surface area contributed by atoms with Gasteiger partial charge in [0.15, 0.2) is 0 Å². The Bertz CT molecular complexity index is 585. The van der Waals surface area contributed by atoms with Crippen LogP contribution in [0.25, 0.3) is 11.1 Å². The van der Waals surface area contributed by atoms with Crippen LogP contribution in [0.1, 0.15) is 37.5 Å². The zero-order valence-corrected chi connectivity index (χ0v) is 11.4. The molecule has 0 amide bonds. The molecule has 1 aliphatic rings. The quantitative estimate of drug-likeness (QED) is 0.576. The molecule has 0 heterocycles. The van der Waals surface area contributed by atoms with E-state index in [1.54, 1.807) is 0 Å². The number of rotatable bonds is 1. The topological polar surface area (TPSA) is 0 Å². The van der Waals surface area contributed by atoms with Gasteiger partial charge in [-0.15, -0.1) is 0 Å². The SMILES string of the molecule is CC(C)(C)Cc1cccc2c1-c1ccc[c]c1C2. The molecule has 0 unspecified atom stereocenters. The van der Waals surface area contributed by atoms with Gasteiger partial charge in [-0.25, -0.2) is 0 Å². The predicted octanol–water partition coefficient (Wildman–Crippen LogP) is 4.65. The van der Waals surface area contributed by atoms with Crippen LogP contribution in [0, 0.1) is 11.5 Å². The zero-order valence-electron chi connectivity index (χ0n) is 11.4. The van der Waals surface area contributed by atoms with Gasteiger partial charge in [0.25, 0.3) is 0 Å². The summed E-state index contributed by atoms with van der Waals surface area (Å²) in [5.74, 6) is 0. The molecule has 1 radical (unpaired) electrons. The standard InChI is InChI=1S/C18H19/c1-18(2,3)12-15-9-6-8-14-11-13-7-4-5-10-16(13)17(14)15/h4-6,8-10H,11-12H2,1-3H3. The van der Waals surface area contributed by atoms with Crippen molar-refractivity contribution < 1.29 is 0 Å². The third-order valence-corrected chi connectivity index (χ3v) is 3.54. The summed E-state index contributed by atoms with van der Waals surface area (Å²) in [5, 5.41) is 0. The van der Waals surface area contributed by atoms with Crippen LogP contribution in [0.2, 0.25) is 0 Å². The first kappa shape index (κ1) is 11.5. The lowest BCUT2D eigenvalue weighted by atomic mass is 9.84. The molecule has 0 bridgehead atoms. The molecule has 2 aromatic rings. The Balaban J connectivity index is 2.14. The van der Waals surface area contributed by atoms with Gasteiger partial charge in [-0.05, 0) is 52.1 Å². The lowest BCUT2D eigenvalue weighted by Crippen LogP contribution is -2.10. The van der Waals surface area contributed by atoms with E-state index in [0.717, 1.165) is 12.8 Å². The van der Waals surface area contributed by atoms with E-state index >= 15 is 0 Å². The Morgan fingerprint density at radius 3 is 2.72 bits per heavy atom. The van der Waals surface area contributed by atoms with Gasteiger partial charge in [0, 0.05) is 0 Å². The summed E-state index contributed by atoms with van der Waals surface area (Å²) < 4.78 is 0. The van der Waals surface area contributed by atoms with Crippen molar-refractivity contribution in [2.75, 3.05) is 0 Å². The van der Waals surface area contributed by atoms with E-state index in [4.69, 9.17) is 0 Å². The van der Waals surface area contributed by atoms with E-state index in [1.807, 2.05) is 6.07 Å². The van der Waals surface area contributed by atoms with Crippen LogP contribution < -0.4 is 0 Å². The summed E-state index contributed by atoms with van der Waals surface area (Å²) in [7, 11) is 0. The Morgan fingerprint density at radius 1 is 1.11 bits per heavy atom. The average molecular weight is 235 g/mol. The highest BCUT2D eigenvalue weighted by Crippen LogP contribution is 2.40. The molecule has 1 aliphatic carbocycles. The second-order valence-corrected chi connectivity index (χ2v) is 6.43. The minimum Gasteiger partial charge on any atom is -0.0617 e. The minimum atomic E-state index is 0.330. The number of hydrogen-bond acceptors (Lipinski definition) is 0. The summed E-state index contributed by atoms with van der Waals surface area (Å²) in [6.45, 7) is 6.91. The largest absolute Gasteiger partial charge is 0.0617 e. The highest BCUT2D eigenvalue weighted by atomic mass is 14.3. The van der Waals surface area contributed by atoms with E-state index in [9.17, 15) is 0 Å². The molecular weight excluding hydrogens is 216 g/mol. The second-order valence-electron chi connectivity index (χ2n) is 6.43. The van der Waals surface area contributed by atoms with Crippen LogP contribution in [0.4, 0.5) is 0 Å². The fourth-order valence-corrected chi connectivity index (χ4v) is 2.91. The van der Waals surface area contributed by atoms with Crippen LogP contribution in [0.15, 0.2) is 36.4 Å². The van der Waals surface area contributed by atoms with Gasteiger partial charge in [0.1, 0.15) is 0 Å². The smallest absolute Gasteiger partial charge is 0.000718 e. The van der Waals surface area contributed by atoms with Crippen molar-refractivity contribution in [3.8, 4) is 11.1 Å². The molecule has 0 atom stereocenters. The van der Waals surface area contributed by atoms with Crippen molar-refractivity contribution in [1.29, 1.82) is 0 Å². The van der Waals surface area contributed by atoms with Gasteiger partial charge >= 0.3 is 0 Å². The third kappa shape index (κ3) is 1.96. The Labute approximate surface area is 110 Å². The normalized spacial score (nSPS) is 13.3. The zero-order chi connectivity index (χ0) is 12.8. The molecule has 0 saturated heterocycles. The molecule has 0 aliphatic heterocycles. The first-order valence-corrected chi connectivity index (χ1v) is 6.65. The summed E-state index contributed by atoms with van der Waals surface area (Å²) in [5.41, 5.74) is 7.50. The van der Waals surface area contributed by atoms with Crippen LogP contribution in [0.5, 0.6) is 0 Å². The number of fused-ring (bicyclic) bond motifs is 3. The van der Waals surface area contributed by atoms with E-state index in [1.165, 1.54) is 27.8 Å². The lowest BCUT2D eigenvalue weighted by Gasteiger charge is -2.20. The number of benzene rings is 2. The van der Waals surface area contributed by atoms with Gasteiger partial charge in [-0.3, -0.25) is 0 Å². The van der Waals surface area contributed by atoms with Gasteiger partial charge < -0.3 is 0 Å². The Kier molecular flexibility index (Phi) is 2.55. The van der Waals surface area contributed by atoms with Crippen LogP contribution >= 0.6 is 0 Å². The first-order chi connectivity index (χ1) is 8.54. The molecule has 91 valence electrons. The molecule has 0 N–H and O–H groups in total. The second kappa shape index (κ2) is 3.98. The van der Waals surface area contributed by atoms with Gasteiger partial charge in [0.05, 0.1) is 0 Å². The Morgan fingerprint density at radius 2 is 1.94 bits per heavy atom. The molecule has 18 heavy (non-hydrogen) atoms. The van der Waals surface area contributed by atoms with Gasteiger partial charge in [-0.2, -0.15) is 0 Å². The third-order valence-electron chi connectivity index (χ3n) is 3.54. The molecule has 0 aromatic heterocycles. The first-order valence-electron chi connectivity index (χ1n) is 6.65. The average Bonchev–Trinajstić information content (AvgIpc) is 2.66. The fraction of sp³-hybridized carbons (Fsp3) is 0.333. The van der Waals surface area contributed by atoms with Gasteiger partial charge in [-0.1, -0.05) is 57.2 Å². The summed E-state index contributed by atoms with van der Waals surface area (Å²) >= 11 is 0. The maximum Gasteiger partial charge on any atom is -0.000718 e. The van der Waals surface area contributed by atoms with Crippen LogP contribution in [-0.2, 0) is 12.8 Å². The monoisotopic (exact) mass is 235 g/mol. The van der Waals surface area contributed by atoms with Crippen molar-refractivity contribution in [2.24, 2.45) is 5.41 Å². The maximum atomic E-state index is 3.39. The van der Waals surface area contributed by atoms with Gasteiger partial charge in [0.2, 0.25) is 0 Å². The highest BCUT2D eigenvalue weighted by Gasteiger charge is 2.23. The van der Waals surface area contributed by atoms with E-state index in [0.29, 0.717) is 5.41 Å². The Hall–Kier alpha value is -1.56. The van der Waals surface area contributed by atoms with Crippen molar-refractivity contribution in [3.63, 3.8) is 0 Å². The molecule has 0 spiro atoms. The predicted molar refractivity (Wildman–Crippen MR) is 76.7 cm³/mol. The molecule has 2 aromatic carbocycles. The molecule has 3 rings (SSSR count). The van der Waals surface area contributed by atoms with E-state index in [-0.39, 0.29) is 0 Å². The van der Waals surface area contributed by atoms with E-state index in [2.05, 4.69) is 57.2 Å². The molecule has 0 saturated carbocycles. The maximum absolute atomic E-state index is 3.39.